The third kappa shape index (κ3) is 3.07. The van der Waals surface area contributed by atoms with Gasteiger partial charge in [0.05, 0.1) is 10.9 Å². The Hall–Kier alpha value is -1.11. The van der Waals surface area contributed by atoms with E-state index in [0.29, 0.717) is 18.4 Å². The Labute approximate surface area is 129 Å². The number of hydrogen-bond acceptors (Lipinski definition) is 3. The van der Waals surface area contributed by atoms with Crippen LogP contribution in [0.3, 0.4) is 0 Å². The first-order chi connectivity index (χ1) is 9.75. The molecule has 21 heavy (non-hydrogen) atoms. The van der Waals surface area contributed by atoms with Gasteiger partial charge < -0.3 is 5.11 Å². The second-order valence-corrected chi connectivity index (χ2v) is 7.66. The van der Waals surface area contributed by atoms with Crippen molar-refractivity contribution in [3.8, 4) is 0 Å². The second-order valence-electron chi connectivity index (χ2n) is 5.42. The molecule has 1 saturated heterocycles. The van der Waals surface area contributed by atoms with Crippen molar-refractivity contribution in [1.29, 1.82) is 0 Å². The lowest BCUT2D eigenvalue weighted by Crippen LogP contribution is -2.47. The maximum Gasteiger partial charge on any atom is 0.307 e. The fraction of sp³-hybridized carbons (Fsp3) is 0.500. The Kier molecular flexibility index (Phi) is 4.60. The van der Waals surface area contributed by atoms with E-state index in [0.717, 1.165) is 0 Å². The normalized spacial score (nSPS) is 24.0. The van der Waals surface area contributed by atoms with Gasteiger partial charge in [0.2, 0.25) is 10.0 Å². The number of aliphatic carboxylic acids is 1. The highest BCUT2D eigenvalue weighted by Gasteiger charge is 2.38. The Morgan fingerprint density at radius 3 is 2.67 bits per heavy atom. The largest absolute Gasteiger partial charge is 0.481 e. The highest BCUT2D eigenvalue weighted by Crippen LogP contribution is 2.32. The molecule has 7 heteroatoms. The number of aryl methyl sites for hydroxylation is 1. The van der Waals surface area contributed by atoms with E-state index in [1.165, 1.54) is 10.4 Å². The van der Waals surface area contributed by atoms with Gasteiger partial charge in [0.1, 0.15) is 4.90 Å². The van der Waals surface area contributed by atoms with Crippen LogP contribution in [0, 0.1) is 12.8 Å². The van der Waals surface area contributed by atoms with Crippen molar-refractivity contribution in [2.45, 2.75) is 37.6 Å². The Morgan fingerprint density at radius 1 is 1.38 bits per heavy atom. The summed E-state index contributed by atoms with van der Waals surface area (Å²) in [4.78, 5) is 11.2. The van der Waals surface area contributed by atoms with Crippen molar-refractivity contribution in [3.63, 3.8) is 0 Å². The maximum absolute atomic E-state index is 12.8. The minimum absolute atomic E-state index is 0.0108. The van der Waals surface area contributed by atoms with Gasteiger partial charge in [-0.2, -0.15) is 4.31 Å². The van der Waals surface area contributed by atoms with Crippen LogP contribution in [0.25, 0.3) is 0 Å². The number of sulfonamides is 1. The lowest BCUT2D eigenvalue weighted by Gasteiger charge is -2.35. The fourth-order valence-corrected chi connectivity index (χ4v) is 4.82. The topological polar surface area (TPSA) is 74.7 Å². The van der Waals surface area contributed by atoms with Crippen LogP contribution in [0.2, 0.25) is 5.02 Å². The Bertz CT molecular complexity index is 659. The van der Waals surface area contributed by atoms with E-state index in [-0.39, 0.29) is 22.5 Å². The molecule has 1 aliphatic rings. The van der Waals surface area contributed by atoms with Gasteiger partial charge in [-0.25, -0.2) is 8.42 Å². The SMILES string of the molecule is Cc1cccc(S(=O)(=O)N2CC(C(=O)O)CCC2C)c1Cl. The second kappa shape index (κ2) is 5.94. The van der Waals surface area contributed by atoms with Crippen LogP contribution in [0.15, 0.2) is 23.1 Å². The zero-order chi connectivity index (χ0) is 15.8. The molecule has 1 N–H and O–H groups in total. The molecule has 1 aromatic carbocycles. The highest BCUT2D eigenvalue weighted by molar-refractivity contribution is 7.89. The molecule has 1 fully saturated rings. The van der Waals surface area contributed by atoms with Gasteiger partial charge in [0.15, 0.2) is 0 Å². The first kappa shape index (κ1) is 16.3. The van der Waals surface area contributed by atoms with Gasteiger partial charge in [-0.15, -0.1) is 0 Å². The summed E-state index contributed by atoms with van der Waals surface area (Å²) >= 11 is 6.12. The fourth-order valence-electron chi connectivity index (χ4n) is 2.56. The minimum atomic E-state index is -3.79. The quantitative estimate of drug-likeness (QED) is 0.923. The molecule has 2 rings (SSSR count). The standard InChI is InChI=1S/C14H18ClNO4S/c1-9-4-3-5-12(13(9)15)21(19,20)16-8-11(14(17)18)7-6-10(16)2/h3-5,10-11H,6-8H2,1-2H3,(H,17,18). The molecule has 0 saturated carbocycles. The lowest BCUT2D eigenvalue weighted by molar-refractivity contribution is -0.143. The number of hydrogen-bond donors (Lipinski definition) is 1. The third-order valence-corrected chi connectivity index (χ3v) is 6.55. The van der Waals surface area contributed by atoms with Crippen LogP contribution >= 0.6 is 11.6 Å². The Balaban J connectivity index is 2.42. The van der Waals surface area contributed by atoms with Crippen molar-refractivity contribution in [2.75, 3.05) is 6.54 Å². The van der Waals surface area contributed by atoms with E-state index in [4.69, 9.17) is 16.7 Å². The van der Waals surface area contributed by atoms with Gasteiger partial charge >= 0.3 is 5.97 Å². The van der Waals surface area contributed by atoms with Crippen LogP contribution in [0.4, 0.5) is 0 Å². The smallest absolute Gasteiger partial charge is 0.307 e. The van der Waals surface area contributed by atoms with Crippen molar-refractivity contribution < 1.29 is 18.3 Å². The van der Waals surface area contributed by atoms with Gasteiger partial charge in [-0.3, -0.25) is 4.79 Å². The number of rotatable bonds is 3. The molecule has 1 aliphatic heterocycles. The van der Waals surface area contributed by atoms with Crippen molar-refractivity contribution in [2.24, 2.45) is 5.92 Å². The van der Waals surface area contributed by atoms with Gasteiger partial charge in [-0.1, -0.05) is 23.7 Å². The summed E-state index contributed by atoms with van der Waals surface area (Å²) in [7, 11) is -3.79. The molecule has 0 aromatic heterocycles. The molecule has 116 valence electrons. The van der Waals surface area contributed by atoms with Crippen molar-refractivity contribution in [3.05, 3.63) is 28.8 Å². The number of piperidine rings is 1. The van der Waals surface area contributed by atoms with Crippen molar-refractivity contribution in [1.82, 2.24) is 4.31 Å². The molecule has 2 unspecified atom stereocenters. The number of carbonyl (C=O) groups is 1. The van der Waals surface area contributed by atoms with E-state index >= 15 is 0 Å². The first-order valence-corrected chi connectivity index (χ1v) is 8.56. The van der Waals surface area contributed by atoms with Gasteiger partial charge in [0, 0.05) is 12.6 Å². The maximum atomic E-state index is 12.8. The summed E-state index contributed by atoms with van der Waals surface area (Å²) < 4.78 is 26.8. The number of carboxylic acid groups (broad SMARTS) is 1. The third-order valence-electron chi connectivity index (χ3n) is 3.92. The lowest BCUT2D eigenvalue weighted by atomic mass is 9.96. The van der Waals surface area contributed by atoms with Crippen LogP contribution in [-0.2, 0) is 14.8 Å². The van der Waals surface area contributed by atoms with Crippen molar-refractivity contribution >= 4 is 27.6 Å². The average molecular weight is 332 g/mol. The van der Waals surface area contributed by atoms with E-state index in [2.05, 4.69) is 0 Å². The molecule has 2 atom stereocenters. The summed E-state index contributed by atoms with van der Waals surface area (Å²) in [5.74, 6) is -1.63. The summed E-state index contributed by atoms with van der Waals surface area (Å²) in [5.41, 5.74) is 0.678. The first-order valence-electron chi connectivity index (χ1n) is 6.75. The van der Waals surface area contributed by atoms with E-state index in [1.54, 1.807) is 26.0 Å². The molecule has 5 nitrogen and oxygen atoms in total. The molecule has 1 aromatic rings. The number of carboxylic acids is 1. The minimum Gasteiger partial charge on any atom is -0.481 e. The molecule has 0 aliphatic carbocycles. The highest BCUT2D eigenvalue weighted by atomic mass is 35.5. The van der Waals surface area contributed by atoms with E-state index in [1.807, 2.05) is 0 Å². The summed E-state index contributed by atoms with van der Waals surface area (Å²) in [6.45, 7) is 3.52. The zero-order valence-electron chi connectivity index (χ0n) is 11.9. The van der Waals surface area contributed by atoms with Crippen LogP contribution in [0.1, 0.15) is 25.3 Å². The Morgan fingerprint density at radius 2 is 2.05 bits per heavy atom. The average Bonchev–Trinajstić information content (AvgIpc) is 2.41. The summed E-state index contributed by atoms with van der Waals surface area (Å²) in [6.07, 6.45) is 1.02. The zero-order valence-corrected chi connectivity index (χ0v) is 13.5. The monoisotopic (exact) mass is 331 g/mol. The molecule has 0 spiro atoms. The number of halogens is 1. The number of nitrogens with zero attached hydrogens (tertiary/aromatic N) is 1. The summed E-state index contributed by atoms with van der Waals surface area (Å²) in [6, 6.07) is 4.60. The predicted octanol–water partition coefficient (Wildman–Crippen LogP) is 2.52. The number of benzene rings is 1. The molecule has 1 heterocycles. The molecule has 0 radical (unpaired) electrons. The van der Waals surface area contributed by atoms with Gasteiger partial charge in [0.25, 0.3) is 0 Å². The molecule has 0 bridgehead atoms. The van der Waals surface area contributed by atoms with E-state index < -0.39 is 21.9 Å². The van der Waals surface area contributed by atoms with Crippen LogP contribution in [0.5, 0.6) is 0 Å². The predicted molar refractivity (Wildman–Crippen MR) is 79.9 cm³/mol. The summed E-state index contributed by atoms with van der Waals surface area (Å²) in [5, 5.41) is 9.33. The van der Waals surface area contributed by atoms with Crippen LogP contribution in [-0.4, -0.2) is 36.4 Å². The van der Waals surface area contributed by atoms with Crippen LogP contribution < -0.4 is 0 Å². The molecular formula is C14H18ClNO4S. The molecule has 0 amide bonds. The van der Waals surface area contributed by atoms with E-state index in [9.17, 15) is 13.2 Å². The van der Waals surface area contributed by atoms with Gasteiger partial charge in [-0.05, 0) is 38.3 Å². The molecular weight excluding hydrogens is 314 g/mol.